The predicted molar refractivity (Wildman–Crippen MR) is 90.1 cm³/mol. The number of amides is 1. The molecule has 0 aliphatic rings. The van der Waals surface area contributed by atoms with Crippen LogP contribution in [0, 0.1) is 0 Å². The first-order chi connectivity index (χ1) is 11.2. The molecule has 2 aromatic carbocycles. The number of anilines is 1. The molecule has 1 N–H and O–H groups in total. The van der Waals surface area contributed by atoms with E-state index in [-0.39, 0.29) is 11.7 Å². The molecule has 0 unspecified atom stereocenters. The molecule has 5 heteroatoms. The summed E-state index contributed by atoms with van der Waals surface area (Å²) in [6.07, 6.45) is 0. The highest BCUT2D eigenvalue weighted by molar-refractivity contribution is 6.30. The quantitative estimate of drug-likeness (QED) is 0.744. The number of ether oxygens (including phenoxy) is 1. The molecular formula is C18H14ClNO3. The summed E-state index contributed by atoms with van der Waals surface area (Å²) in [6.45, 7) is 0. The summed E-state index contributed by atoms with van der Waals surface area (Å²) in [5.74, 6) is 1.04. The van der Waals surface area contributed by atoms with Gasteiger partial charge in [-0.3, -0.25) is 4.79 Å². The molecule has 1 aromatic heterocycles. The average molecular weight is 328 g/mol. The van der Waals surface area contributed by atoms with E-state index in [1.54, 1.807) is 43.5 Å². The van der Waals surface area contributed by atoms with Gasteiger partial charge in [-0.05, 0) is 36.4 Å². The van der Waals surface area contributed by atoms with E-state index in [2.05, 4.69) is 5.32 Å². The first-order valence-electron chi connectivity index (χ1n) is 6.97. The number of halogens is 1. The molecule has 0 bridgehead atoms. The maximum absolute atomic E-state index is 12.3. The molecule has 0 radical (unpaired) electrons. The summed E-state index contributed by atoms with van der Waals surface area (Å²) >= 11 is 5.97. The van der Waals surface area contributed by atoms with E-state index in [0.29, 0.717) is 22.2 Å². The molecule has 23 heavy (non-hydrogen) atoms. The Kier molecular flexibility index (Phi) is 4.35. The second kappa shape index (κ2) is 6.58. The Morgan fingerprint density at radius 3 is 2.70 bits per heavy atom. The first-order valence-corrected chi connectivity index (χ1v) is 7.35. The van der Waals surface area contributed by atoms with E-state index < -0.39 is 0 Å². The van der Waals surface area contributed by atoms with Crippen LogP contribution in [0.15, 0.2) is 65.1 Å². The summed E-state index contributed by atoms with van der Waals surface area (Å²) in [5, 5.41) is 3.38. The monoisotopic (exact) mass is 327 g/mol. The Labute approximate surface area is 138 Å². The minimum atomic E-state index is -0.345. The molecule has 116 valence electrons. The zero-order valence-electron chi connectivity index (χ0n) is 12.4. The van der Waals surface area contributed by atoms with E-state index >= 15 is 0 Å². The number of carbonyl (C=O) groups is 1. The second-order valence-corrected chi connectivity index (χ2v) is 5.27. The number of methoxy groups -OCH3 is 1. The highest BCUT2D eigenvalue weighted by Gasteiger charge is 2.14. The molecule has 4 nitrogen and oxygen atoms in total. The SMILES string of the molecule is COc1ccccc1NC(=O)c1ccc(-c2cccc(Cl)c2)o1. The van der Waals surface area contributed by atoms with Gasteiger partial charge in [-0.25, -0.2) is 0 Å². The fraction of sp³-hybridized carbons (Fsp3) is 0.0556. The number of nitrogens with one attached hydrogen (secondary N) is 1. The molecule has 0 saturated heterocycles. The molecule has 0 aliphatic carbocycles. The van der Waals surface area contributed by atoms with Gasteiger partial charge in [-0.2, -0.15) is 0 Å². The number of furan rings is 1. The minimum Gasteiger partial charge on any atom is -0.495 e. The third-order valence-corrected chi connectivity index (χ3v) is 3.53. The van der Waals surface area contributed by atoms with E-state index in [0.717, 1.165) is 5.56 Å². The van der Waals surface area contributed by atoms with Gasteiger partial charge in [0.05, 0.1) is 12.8 Å². The van der Waals surface area contributed by atoms with Crippen molar-refractivity contribution in [2.45, 2.75) is 0 Å². The molecule has 1 amide bonds. The van der Waals surface area contributed by atoms with Crippen LogP contribution in [0.25, 0.3) is 11.3 Å². The summed E-state index contributed by atoms with van der Waals surface area (Å²) in [5.41, 5.74) is 1.40. The van der Waals surface area contributed by atoms with Crippen molar-refractivity contribution in [3.05, 3.63) is 71.4 Å². The Morgan fingerprint density at radius 2 is 1.91 bits per heavy atom. The zero-order chi connectivity index (χ0) is 16.2. The third-order valence-electron chi connectivity index (χ3n) is 3.29. The summed E-state index contributed by atoms with van der Waals surface area (Å²) in [7, 11) is 1.55. The lowest BCUT2D eigenvalue weighted by molar-refractivity contribution is 0.0997. The predicted octanol–water partition coefficient (Wildman–Crippen LogP) is 4.86. The molecule has 0 aliphatic heterocycles. The second-order valence-electron chi connectivity index (χ2n) is 4.83. The molecule has 1 heterocycles. The molecule has 0 atom stereocenters. The number of hydrogen-bond donors (Lipinski definition) is 1. The molecule has 0 fully saturated rings. The number of hydrogen-bond acceptors (Lipinski definition) is 3. The molecule has 0 spiro atoms. The van der Waals surface area contributed by atoms with Crippen LogP contribution in [0.3, 0.4) is 0 Å². The van der Waals surface area contributed by atoms with Crippen molar-refractivity contribution in [3.63, 3.8) is 0 Å². The van der Waals surface area contributed by atoms with Crippen LogP contribution >= 0.6 is 11.6 Å². The van der Waals surface area contributed by atoms with Crippen molar-refractivity contribution in [1.29, 1.82) is 0 Å². The molecular weight excluding hydrogens is 314 g/mol. The number of carbonyl (C=O) groups excluding carboxylic acids is 1. The normalized spacial score (nSPS) is 10.3. The lowest BCUT2D eigenvalue weighted by atomic mass is 10.2. The lowest BCUT2D eigenvalue weighted by Gasteiger charge is -2.08. The van der Waals surface area contributed by atoms with Crippen LogP contribution in [0.5, 0.6) is 5.75 Å². The Bertz CT molecular complexity index is 842. The minimum absolute atomic E-state index is 0.214. The van der Waals surface area contributed by atoms with Gasteiger partial charge < -0.3 is 14.5 Å². The van der Waals surface area contributed by atoms with Crippen LogP contribution in [-0.4, -0.2) is 13.0 Å². The van der Waals surface area contributed by atoms with E-state index in [4.69, 9.17) is 20.8 Å². The van der Waals surface area contributed by atoms with Crippen LogP contribution in [0.4, 0.5) is 5.69 Å². The summed E-state index contributed by atoms with van der Waals surface area (Å²) in [6, 6.07) is 17.8. The highest BCUT2D eigenvalue weighted by Crippen LogP contribution is 2.27. The Hall–Kier alpha value is -2.72. The van der Waals surface area contributed by atoms with Crippen LogP contribution in [0.1, 0.15) is 10.6 Å². The van der Waals surface area contributed by atoms with Crippen molar-refractivity contribution in [2.75, 3.05) is 12.4 Å². The van der Waals surface area contributed by atoms with Gasteiger partial charge in [0.2, 0.25) is 0 Å². The fourth-order valence-electron chi connectivity index (χ4n) is 2.19. The van der Waals surface area contributed by atoms with Gasteiger partial charge in [-0.1, -0.05) is 35.9 Å². The van der Waals surface area contributed by atoms with Crippen molar-refractivity contribution < 1.29 is 13.9 Å². The highest BCUT2D eigenvalue weighted by atomic mass is 35.5. The van der Waals surface area contributed by atoms with Crippen molar-refractivity contribution in [2.24, 2.45) is 0 Å². The maximum Gasteiger partial charge on any atom is 0.291 e. The maximum atomic E-state index is 12.3. The molecule has 0 saturated carbocycles. The van der Waals surface area contributed by atoms with E-state index in [9.17, 15) is 4.79 Å². The van der Waals surface area contributed by atoms with E-state index in [1.165, 1.54) is 0 Å². The smallest absolute Gasteiger partial charge is 0.291 e. The van der Waals surface area contributed by atoms with Crippen LogP contribution < -0.4 is 10.1 Å². The number of rotatable bonds is 4. The number of para-hydroxylation sites is 2. The van der Waals surface area contributed by atoms with Crippen molar-refractivity contribution in [3.8, 4) is 17.1 Å². The van der Waals surface area contributed by atoms with Crippen LogP contribution in [0.2, 0.25) is 5.02 Å². The van der Waals surface area contributed by atoms with Crippen LogP contribution in [-0.2, 0) is 0 Å². The van der Waals surface area contributed by atoms with E-state index in [1.807, 2.05) is 24.3 Å². The van der Waals surface area contributed by atoms with Gasteiger partial charge in [0, 0.05) is 10.6 Å². The van der Waals surface area contributed by atoms with Crippen molar-refractivity contribution >= 4 is 23.2 Å². The van der Waals surface area contributed by atoms with Crippen molar-refractivity contribution in [1.82, 2.24) is 0 Å². The number of benzene rings is 2. The molecule has 3 rings (SSSR count). The third kappa shape index (κ3) is 3.38. The summed E-state index contributed by atoms with van der Waals surface area (Å²) in [4.78, 5) is 12.3. The zero-order valence-corrected chi connectivity index (χ0v) is 13.1. The van der Waals surface area contributed by atoms with Gasteiger partial charge in [-0.15, -0.1) is 0 Å². The van der Waals surface area contributed by atoms with Gasteiger partial charge >= 0.3 is 0 Å². The first kappa shape index (κ1) is 15.2. The fourth-order valence-corrected chi connectivity index (χ4v) is 2.38. The Balaban J connectivity index is 1.81. The van der Waals surface area contributed by atoms with Gasteiger partial charge in [0.15, 0.2) is 5.76 Å². The van der Waals surface area contributed by atoms with Gasteiger partial charge in [0.1, 0.15) is 11.5 Å². The molecule has 3 aromatic rings. The Morgan fingerprint density at radius 1 is 1.09 bits per heavy atom. The largest absolute Gasteiger partial charge is 0.495 e. The lowest BCUT2D eigenvalue weighted by Crippen LogP contribution is -2.11. The topological polar surface area (TPSA) is 51.5 Å². The average Bonchev–Trinajstić information content (AvgIpc) is 3.05. The summed E-state index contributed by atoms with van der Waals surface area (Å²) < 4.78 is 10.8. The van der Waals surface area contributed by atoms with Gasteiger partial charge in [0.25, 0.3) is 5.91 Å². The standard InChI is InChI=1S/C18H14ClNO3/c1-22-16-8-3-2-7-14(16)20-18(21)17-10-9-15(23-17)12-5-4-6-13(19)11-12/h2-11H,1H3,(H,20,21).